The molecule has 0 aliphatic heterocycles. The SMILES string of the molecule is CCOc1ccc(NC(=O)C(=O)NN=C(C)c2ccc(OC(=O)c3cccc(OC)c3)c(OC)c2)cc1. The van der Waals surface area contributed by atoms with Crippen LogP contribution in [0, 0.1) is 0 Å². The van der Waals surface area contributed by atoms with Crippen molar-refractivity contribution < 1.29 is 33.3 Å². The number of ether oxygens (including phenoxy) is 4. The number of hydrazone groups is 1. The minimum Gasteiger partial charge on any atom is -0.497 e. The molecular formula is C27H27N3O7. The van der Waals surface area contributed by atoms with Crippen molar-refractivity contribution in [1.82, 2.24) is 5.43 Å². The molecule has 0 radical (unpaired) electrons. The zero-order chi connectivity index (χ0) is 26.8. The summed E-state index contributed by atoms with van der Waals surface area (Å²) < 4.78 is 21.3. The van der Waals surface area contributed by atoms with Gasteiger partial charge in [0.15, 0.2) is 11.5 Å². The molecule has 0 fully saturated rings. The Labute approximate surface area is 214 Å². The van der Waals surface area contributed by atoms with Crippen molar-refractivity contribution >= 4 is 29.2 Å². The molecule has 2 amide bonds. The summed E-state index contributed by atoms with van der Waals surface area (Å²) in [5, 5.41) is 6.47. The van der Waals surface area contributed by atoms with Gasteiger partial charge in [0.05, 0.1) is 32.1 Å². The molecule has 0 unspecified atom stereocenters. The summed E-state index contributed by atoms with van der Waals surface area (Å²) in [6.45, 7) is 4.03. The standard InChI is InChI=1S/C27H27N3O7/c1-5-36-21-12-10-20(11-13-21)28-25(31)26(32)30-29-17(2)18-9-14-23(24(16-18)35-4)37-27(33)19-7-6-8-22(15-19)34-3/h6-16H,5H2,1-4H3,(H,28,31)(H,30,32). The number of anilines is 1. The number of hydrogen-bond donors (Lipinski definition) is 2. The van der Waals surface area contributed by atoms with Gasteiger partial charge >= 0.3 is 17.8 Å². The number of hydrogen-bond acceptors (Lipinski definition) is 8. The van der Waals surface area contributed by atoms with E-state index in [2.05, 4.69) is 15.8 Å². The second kappa shape index (κ2) is 12.7. The molecule has 0 spiro atoms. The lowest BCUT2D eigenvalue weighted by Crippen LogP contribution is -2.32. The molecule has 0 heterocycles. The van der Waals surface area contributed by atoms with Crippen molar-refractivity contribution in [3.05, 3.63) is 77.9 Å². The van der Waals surface area contributed by atoms with Crippen LogP contribution in [0.25, 0.3) is 0 Å². The zero-order valence-electron chi connectivity index (χ0n) is 20.9. The van der Waals surface area contributed by atoms with Gasteiger partial charge in [0, 0.05) is 11.3 Å². The van der Waals surface area contributed by atoms with Crippen LogP contribution in [0.5, 0.6) is 23.0 Å². The van der Waals surface area contributed by atoms with Crippen LogP contribution in [0.2, 0.25) is 0 Å². The van der Waals surface area contributed by atoms with E-state index in [0.29, 0.717) is 40.6 Å². The highest BCUT2D eigenvalue weighted by molar-refractivity contribution is 6.39. The topological polar surface area (TPSA) is 125 Å². The number of benzene rings is 3. The van der Waals surface area contributed by atoms with Crippen LogP contribution < -0.4 is 29.7 Å². The second-order valence-corrected chi connectivity index (χ2v) is 7.54. The van der Waals surface area contributed by atoms with Gasteiger partial charge in [-0.25, -0.2) is 10.2 Å². The molecular weight excluding hydrogens is 478 g/mol. The molecule has 10 nitrogen and oxygen atoms in total. The van der Waals surface area contributed by atoms with Crippen molar-refractivity contribution in [3.63, 3.8) is 0 Å². The smallest absolute Gasteiger partial charge is 0.343 e. The number of carbonyl (C=O) groups excluding carboxylic acids is 3. The fraction of sp³-hybridized carbons (Fsp3) is 0.185. The Bertz CT molecular complexity index is 1300. The second-order valence-electron chi connectivity index (χ2n) is 7.54. The maximum absolute atomic E-state index is 12.5. The van der Waals surface area contributed by atoms with E-state index in [0.717, 1.165) is 0 Å². The number of methoxy groups -OCH3 is 2. The maximum Gasteiger partial charge on any atom is 0.343 e. The maximum atomic E-state index is 12.5. The van der Waals surface area contributed by atoms with Gasteiger partial charge in [0.2, 0.25) is 0 Å². The van der Waals surface area contributed by atoms with E-state index in [9.17, 15) is 14.4 Å². The summed E-state index contributed by atoms with van der Waals surface area (Å²) in [6.07, 6.45) is 0. The van der Waals surface area contributed by atoms with Gasteiger partial charge in [0.25, 0.3) is 0 Å². The highest BCUT2D eigenvalue weighted by Gasteiger charge is 2.16. The van der Waals surface area contributed by atoms with Crippen molar-refractivity contribution in [2.75, 3.05) is 26.1 Å². The average molecular weight is 506 g/mol. The van der Waals surface area contributed by atoms with E-state index in [-0.39, 0.29) is 11.5 Å². The largest absolute Gasteiger partial charge is 0.497 e. The molecule has 0 bridgehead atoms. The number of nitrogens with zero attached hydrogens (tertiary/aromatic N) is 1. The fourth-order valence-corrected chi connectivity index (χ4v) is 3.12. The first-order valence-corrected chi connectivity index (χ1v) is 11.3. The average Bonchev–Trinajstić information content (AvgIpc) is 2.92. The number of carbonyl (C=O) groups is 3. The molecule has 0 saturated heterocycles. The number of amides is 2. The summed E-state index contributed by atoms with van der Waals surface area (Å²) in [5.74, 6) is -0.739. The Morgan fingerprint density at radius 3 is 2.24 bits per heavy atom. The van der Waals surface area contributed by atoms with Crippen LogP contribution in [-0.4, -0.2) is 44.3 Å². The summed E-state index contributed by atoms with van der Waals surface area (Å²) in [5.41, 5.74) is 3.94. The Kier molecular flexibility index (Phi) is 9.20. The normalized spacial score (nSPS) is 10.8. The van der Waals surface area contributed by atoms with E-state index in [4.69, 9.17) is 18.9 Å². The minimum atomic E-state index is -0.941. The van der Waals surface area contributed by atoms with Crippen LogP contribution in [0.1, 0.15) is 29.8 Å². The minimum absolute atomic E-state index is 0.200. The molecule has 0 atom stereocenters. The summed E-state index contributed by atoms with van der Waals surface area (Å²) >= 11 is 0. The molecule has 0 aliphatic carbocycles. The van der Waals surface area contributed by atoms with Gasteiger partial charge < -0.3 is 24.3 Å². The third-order valence-electron chi connectivity index (χ3n) is 5.04. The number of esters is 1. The predicted octanol–water partition coefficient (Wildman–Crippen LogP) is 3.80. The summed E-state index contributed by atoms with van der Waals surface area (Å²) in [4.78, 5) is 36.9. The monoisotopic (exact) mass is 505 g/mol. The van der Waals surface area contributed by atoms with Crippen molar-refractivity contribution in [2.45, 2.75) is 13.8 Å². The Morgan fingerprint density at radius 1 is 0.811 bits per heavy atom. The van der Waals surface area contributed by atoms with Crippen LogP contribution >= 0.6 is 0 Å². The van der Waals surface area contributed by atoms with Crippen LogP contribution in [0.4, 0.5) is 5.69 Å². The first kappa shape index (κ1) is 26.7. The van der Waals surface area contributed by atoms with Crippen molar-refractivity contribution in [1.29, 1.82) is 0 Å². The van der Waals surface area contributed by atoms with E-state index >= 15 is 0 Å². The predicted molar refractivity (Wildman–Crippen MR) is 138 cm³/mol. The van der Waals surface area contributed by atoms with E-state index in [1.54, 1.807) is 73.7 Å². The first-order chi connectivity index (χ1) is 17.8. The molecule has 10 heteroatoms. The van der Waals surface area contributed by atoms with E-state index in [1.807, 2.05) is 6.92 Å². The fourth-order valence-electron chi connectivity index (χ4n) is 3.12. The quantitative estimate of drug-likeness (QED) is 0.149. The molecule has 192 valence electrons. The molecule has 3 aromatic rings. The third-order valence-corrected chi connectivity index (χ3v) is 5.04. The molecule has 2 N–H and O–H groups in total. The first-order valence-electron chi connectivity index (χ1n) is 11.3. The highest BCUT2D eigenvalue weighted by Crippen LogP contribution is 2.29. The van der Waals surface area contributed by atoms with Crippen LogP contribution in [0.15, 0.2) is 71.8 Å². The summed E-state index contributed by atoms with van der Waals surface area (Å²) in [7, 11) is 2.94. The zero-order valence-corrected chi connectivity index (χ0v) is 20.9. The lowest BCUT2D eigenvalue weighted by molar-refractivity contribution is -0.136. The van der Waals surface area contributed by atoms with Gasteiger partial charge in [-0.15, -0.1) is 0 Å². The van der Waals surface area contributed by atoms with Gasteiger partial charge in [-0.1, -0.05) is 6.07 Å². The molecule has 3 aromatic carbocycles. The van der Waals surface area contributed by atoms with Gasteiger partial charge in [0.1, 0.15) is 11.5 Å². The Hall–Kier alpha value is -4.86. The number of nitrogens with one attached hydrogen (secondary N) is 2. The molecule has 0 aromatic heterocycles. The lowest BCUT2D eigenvalue weighted by atomic mass is 10.1. The van der Waals surface area contributed by atoms with Gasteiger partial charge in [-0.2, -0.15) is 5.10 Å². The summed E-state index contributed by atoms with van der Waals surface area (Å²) in [6, 6.07) is 18.0. The van der Waals surface area contributed by atoms with Crippen molar-refractivity contribution in [3.8, 4) is 23.0 Å². The molecule has 3 rings (SSSR count). The van der Waals surface area contributed by atoms with Gasteiger partial charge in [-0.05, 0) is 74.5 Å². The van der Waals surface area contributed by atoms with Crippen LogP contribution in [0.3, 0.4) is 0 Å². The number of rotatable bonds is 9. The molecule has 37 heavy (non-hydrogen) atoms. The Balaban J connectivity index is 1.63. The van der Waals surface area contributed by atoms with E-state index < -0.39 is 17.8 Å². The Morgan fingerprint density at radius 2 is 1.57 bits per heavy atom. The van der Waals surface area contributed by atoms with E-state index in [1.165, 1.54) is 14.2 Å². The highest BCUT2D eigenvalue weighted by atomic mass is 16.6. The lowest BCUT2D eigenvalue weighted by Gasteiger charge is -2.11. The van der Waals surface area contributed by atoms with Gasteiger partial charge in [-0.3, -0.25) is 9.59 Å². The van der Waals surface area contributed by atoms with Crippen LogP contribution in [-0.2, 0) is 9.59 Å². The van der Waals surface area contributed by atoms with Crippen molar-refractivity contribution in [2.24, 2.45) is 5.10 Å². The molecule has 0 aliphatic rings. The third kappa shape index (κ3) is 7.31. The molecule has 0 saturated carbocycles.